The number of benzene rings is 2. The molecule has 1 saturated heterocycles. The predicted octanol–water partition coefficient (Wildman–Crippen LogP) is 1.89. The molecule has 0 atom stereocenters. The van der Waals surface area contributed by atoms with Crippen LogP contribution in [-0.2, 0) is 11.3 Å². The van der Waals surface area contributed by atoms with Gasteiger partial charge in [-0.3, -0.25) is 9.69 Å². The summed E-state index contributed by atoms with van der Waals surface area (Å²) in [6.45, 7) is 3.41. The minimum atomic E-state index is -0.309. The molecule has 1 amide bonds. The number of ether oxygens (including phenoxy) is 2. The zero-order valence-corrected chi connectivity index (χ0v) is 17.2. The number of hydrogen-bond acceptors (Lipinski definition) is 7. The van der Waals surface area contributed by atoms with E-state index in [1.165, 1.54) is 12.1 Å². The third-order valence-corrected chi connectivity index (χ3v) is 5.47. The fourth-order valence-electron chi connectivity index (χ4n) is 3.70. The van der Waals surface area contributed by atoms with Crippen LogP contribution in [0.4, 0.5) is 4.39 Å². The van der Waals surface area contributed by atoms with E-state index in [4.69, 9.17) is 9.47 Å². The summed E-state index contributed by atoms with van der Waals surface area (Å²) in [4.78, 5) is 16.6. The standard InChI is InChI=1S/C22H21FN6O3/c23-17-3-5-18(6-4-17)29-21(24-25-26-29)14-27-9-11-28(12-10-27)22(30)8-2-16-1-7-19-20(13-16)32-15-31-19/h1-8,13H,9-12,14-15H2. The average Bonchev–Trinajstić information content (AvgIpc) is 3.47. The van der Waals surface area contributed by atoms with Gasteiger partial charge in [0.2, 0.25) is 12.7 Å². The zero-order valence-electron chi connectivity index (χ0n) is 17.2. The first-order valence-electron chi connectivity index (χ1n) is 10.3. The molecule has 32 heavy (non-hydrogen) atoms. The Morgan fingerprint density at radius 3 is 2.62 bits per heavy atom. The van der Waals surface area contributed by atoms with Crippen LogP contribution >= 0.6 is 0 Å². The SMILES string of the molecule is O=C(C=Cc1ccc2c(c1)OCO2)N1CCN(Cc2nnnn2-c2ccc(F)cc2)CC1. The minimum absolute atomic E-state index is 0.0292. The van der Waals surface area contributed by atoms with Crippen molar-refractivity contribution in [2.45, 2.75) is 6.54 Å². The summed E-state index contributed by atoms with van der Waals surface area (Å²) in [6.07, 6.45) is 3.37. The van der Waals surface area contributed by atoms with Crippen molar-refractivity contribution >= 4 is 12.0 Å². The van der Waals surface area contributed by atoms with E-state index in [9.17, 15) is 9.18 Å². The van der Waals surface area contributed by atoms with Crippen LogP contribution in [0.1, 0.15) is 11.4 Å². The van der Waals surface area contributed by atoms with Crippen molar-refractivity contribution in [3.63, 3.8) is 0 Å². The smallest absolute Gasteiger partial charge is 0.246 e. The fourth-order valence-corrected chi connectivity index (χ4v) is 3.70. The first-order chi connectivity index (χ1) is 15.7. The van der Waals surface area contributed by atoms with E-state index in [1.807, 2.05) is 23.1 Å². The summed E-state index contributed by atoms with van der Waals surface area (Å²) in [5.74, 6) is 1.74. The van der Waals surface area contributed by atoms with Crippen molar-refractivity contribution in [3.8, 4) is 17.2 Å². The topological polar surface area (TPSA) is 85.6 Å². The van der Waals surface area contributed by atoms with Gasteiger partial charge in [-0.25, -0.2) is 4.39 Å². The molecule has 0 spiro atoms. The Morgan fingerprint density at radius 2 is 1.81 bits per heavy atom. The third kappa shape index (κ3) is 4.30. The van der Waals surface area contributed by atoms with E-state index in [-0.39, 0.29) is 18.5 Å². The van der Waals surface area contributed by atoms with Crippen LogP contribution in [0.5, 0.6) is 11.5 Å². The second-order valence-corrected chi connectivity index (χ2v) is 7.53. The lowest BCUT2D eigenvalue weighted by atomic mass is 10.2. The third-order valence-electron chi connectivity index (χ3n) is 5.47. The van der Waals surface area contributed by atoms with Crippen LogP contribution < -0.4 is 9.47 Å². The average molecular weight is 436 g/mol. The van der Waals surface area contributed by atoms with Gasteiger partial charge in [0, 0.05) is 32.3 Å². The summed E-state index contributed by atoms with van der Waals surface area (Å²) < 4.78 is 25.5. The molecule has 0 aliphatic carbocycles. The minimum Gasteiger partial charge on any atom is -0.454 e. The first-order valence-corrected chi connectivity index (χ1v) is 10.3. The van der Waals surface area contributed by atoms with Crippen molar-refractivity contribution < 1.29 is 18.7 Å². The number of rotatable bonds is 5. The molecular formula is C22H21FN6O3. The first kappa shape index (κ1) is 20.1. The second-order valence-electron chi connectivity index (χ2n) is 7.53. The summed E-state index contributed by atoms with van der Waals surface area (Å²) >= 11 is 0. The highest BCUT2D eigenvalue weighted by molar-refractivity contribution is 5.92. The number of hydrogen-bond donors (Lipinski definition) is 0. The summed E-state index contributed by atoms with van der Waals surface area (Å²) in [6, 6.07) is 11.6. The van der Waals surface area contributed by atoms with E-state index in [0.29, 0.717) is 50.0 Å². The summed E-state index contributed by atoms with van der Waals surface area (Å²) in [5.41, 5.74) is 1.59. The van der Waals surface area contributed by atoms with Crippen LogP contribution in [0.15, 0.2) is 48.5 Å². The molecule has 2 aliphatic heterocycles. The van der Waals surface area contributed by atoms with Gasteiger partial charge in [0.15, 0.2) is 17.3 Å². The van der Waals surface area contributed by atoms with Gasteiger partial charge in [0.1, 0.15) is 5.82 Å². The Morgan fingerprint density at radius 1 is 1.03 bits per heavy atom. The van der Waals surface area contributed by atoms with E-state index < -0.39 is 0 Å². The molecule has 1 aromatic heterocycles. The molecule has 164 valence electrons. The lowest BCUT2D eigenvalue weighted by Gasteiger charge is -2.33. The maximum atomic E-state index is 13.2. The number of nitrogens with zero attached hydrogens (tertiary/aromatic N) is 6. The van der Waals surface area contributed by atoms with E-state index in [0.717, 1.165) is 11.3 Å². The maximum Gasteiger partial charge on any atom is 0.246 e. The van der Waals surface area contributed by atoms with Crippen LogP contribution in [0.2, 0.25) is 0 Å². The quantitative estimate of drug-likeness (QED) is 0.565. The van der Waals surface area contributed by atoms with Gasteiger partial charge in [-0.2, -0.15) is 4.68 Å². The van der Waals surface area contributed by atoms with Crippen molar-refractivity contribution in [1.82, 2.24) is 30.0 Å². The number of halogens is 1. The van der Waals surface area contributed by atoms with Crippen molar-refractivity contribution in [2.75, 3.05) is 33.0 Å². The van der Waals surface area contributed by atoms with Gasteiger partial charge in [-0.05, 0) is 58.5 Å². The number of aromatic nitrogens is 4. The molecule has 0 radical (unpaired) electrons. The predicted molar refractivity (Wildman–Crippen MR) is 113 cm³/mol. The zero-order chi connectivity index (χ0) is 21.9. The van der Waals surface area contributed by atoms with Crippen molar-refractivity contribution in [1.29, 1.82) is 0 Å². The van der Waals surface area contributed by atoms with Gasteiger partial charge in [0.25, 0.3) is 0 Å². The highest BCUT2D eigenvalue weighted by Gasteiger charge is 2.22. The van der Waals surface area contributed by atoms with Crippen LogP contribution in [0.3, 0.4) is 0 Å². The largest absolute Gasteiger partial charge is 0.454 e. The highest BCUT2D eigenvalue weighted by Crippen LogP contribution is 2.32. The Hall–Kier alpha value is -3.79. The molecule has 3 heterocycles. The van der Waals surface area contributed by atoms with Crippen LogP contribution in [0.25, 0.3) is 11.8 Å². The Kier molecular flexibility index (Phi) is 5.51. The van der Waals surface area contributed by atoms with E-state index in [2.05, 4.69) is 20.4 Å². The number of carbonyl (C=O) groups is 1. The van der Waals surface area contributed by atoms with E-state index in [1.54, 1.807) is 29.0 Å². The van der Waals surface area contributed by atoms with Gasteiger partial charge < -0.3 is 14.4 Å². The molecule has 0 N–H and O–H groups in total. The molecule has 10 heteroatoms. The van der Waals surface area contributed by atoms with E-state index >= 15 is 0 Å². The van der Waals surface area contributed by atoms with Gasteiger partial charge in [0.05, 0.1) is 12.2 Å². The highest BCUT2D eigenvalue weighted by atomic mass is 19.1. The van der Waals surface area contributed by atoms with Gasteiger partial charge in [-0.1, -0.05) is 6.07 Å². The van der Waals surface area contributed by atoms with Crippen molar-refractivity contribution in [2.24, 2.45) is 0 Å². The Balaban J connectivity index is 1.16. The van der Waals surface area contributed by atoms with Gasteiger partial charge in [-0.15, -0.1) is 5.10 Å². The molecule has 3 aromatic rings. The normalized spacial score (nSPS) is 16.1. The molecule has 5 rings (SSSR count). The summed E-state index contributed by atoms with van der Waals surface area (Å²) in [7, 11) is 0. The molecule has 0 bridgehead atoms. The maximum absolute atomic E-state index is 13.2. The fraction of sp³-hybridized carbons (Fsp3) is 0.273. The second kappa shape index (κ2) is 8.75. The number of carbonyl (C=O) groups excluding carboxylic acids is 1. The lowest BCUT2D eigenvalue weighted by Crippen LogP contribution is -2.48. The molecule has 2 aliphatic rings. The molecule has 0 saturated carbocycles. The van der Waals surface area contributed by atoms with Crippen LogP contribution in [-0.4, -0.2) is 68.9 Å². The number of piperazine rings is 1. The van der Waals surface area contributed by atoms with Crippen LogP contribution in [0, 0.1) is 5.82 Å². The molecule has 9 nitrogen and oxygen atoms in total. The number of fused-ring (bicyclic) bond motifs is 1. The Labute approximate surface area is 183 Å². The summed E-state index contributed by atoms with van der Waals surface area (Å²) in [5, 5.41) is 11.9. The molecule has 0 unspecified atom stereocenters. The lowest BCUT2D eigenvalue weighted by molar-refractivity contribution is -0.127. The molecular weight excluding hydrogens is 415 g/mol. The van der Waals surface area contributed by atoms with Gasteiger partial charge >= 0.3 is 0 Å². The molecule has 2 aromatic carbocycles. The monoisotopic (exact) mass is 436 g/mol. The Bertz CT molecular complexity index is 1140. The molecule has 1 fully saturated rings. The number of amides is 1. The number of tetrazole rings is 1. The van der Waals surface area contributed by atoms with Crippen molar-refractivity contribution in [3.05, 3.63) is 65.7 Å².